The number of phenols is 1. The molecule has 0 unspecified atom stereocenters. The van der Waals surface area contributed by atoms with E-state index in [2.05, 4.69) is 21.0 Å². The van der Waals surface area contributed by atoms with E-state index in [1.165, 1.54) is 0 Å². The quantitative estimate of drug-likeness (QED) is 0.448. The molecule has 0 radical (unpaired) electrons. The molecule has 0 atom stereocenters. The number of hydrogen-bond acceptors (Lipinski definition) is 3. The van der Waals surface area contributed by atoms with Gasteiger partial charge in [0.1, 0.15) is 11.4 Å². The second kappa shape index (κ2) is 7.55. The Morgan fingerprint density at radius 3 is 2.00 bits per heavy atom. The van der Waals surface area contributed by atoms with Crippen LogP contribution in [0.2, 0.25) is 0 Å². The minimum absolute atomic E-state index is 0. The normalized spacial score (nSPS) is 10.9. The van der Waals surface area contributed by atoms with Gasteiger partial charge in [-0.05, 0) is 19.1 Å². The molecule has 0 saturated heterocycles. The van der Waals surface area contributed by atoms with Crippen molar-refractivity contribution in [2.45, 2.75) is 6.92 Å². The van der Waals surface area contributed by atoms with Gasteiger partial charge in [-0.2, -0.15) is 8.42 Å². The number of rotatable bonds is 2. The minimum Gasteiger partial charge on any atom is -1.00 e. The summed E-state index contributed by atoms with van der Waals surface area (Å²) in [5.41, 5.74) is 1.14. The monoisotopic (exact) mass is 299 g/mol. The molecule has 0 aliphatic carbocycles. The van der Waals surface area contributed by atoms with Gasteiger partial charge >= 0.3 is 10.4 Å². The third-order valence-electron chi connectivity index (χ3n) is 2.32. The van der Waals surface area contributed by atoms with Crippen molar-refractivity contribution in [1.29, 1.82) is 0 Å². The van der Waals surface area contributed by atoms with Gasteiger partial charge in [0.25, 0.3) is 0 Å². The third-order valence-corrected chi connectivity index (χ3v) is 2.32. The van der Waals surface area contributed by atoms with Crippen LogP contribution in [-0.4, -0.2) is 43.3 Å². The van der Waals surface area contributed by atoms with Crippen LogP contribution in [0.1, 0.15) is 6.92 Å². The Bertz CT molecular complexity index is 453. The molecule has 1 aromatic rings. The van der Waals surface area contributed by atoms with E-state index in [0.717, 1.165) is 16.7 Å². The Morgan fingerprint density at radius 1 is 1.22 bits per heavy atom. The molecular weight excluding hydrogens is 282 g/mol. The molecule has 0 fully saturated rings. The SMILES string of the molecule is CC[N+](C)(C)c1cccc(O)c1.O=S(=O)(O)O.[Cl-]. The van der Waals surface area contributed by atoms with Crippen molar-refractivity contribution >= 4 is 16.1 Å². The van der Waals surface area contributed by atoms with Crippen LogP contribution in [0.5, 0.6) is 5.75 Å². The molecule has 0 saturated carbocycles. The summed E-state index contributed by atoms with van der Waals surface area (Å²) in [6, 6.07) is 7.41. The average Bonchev–Trinajstić information content (AvgIpc) is 2.15. The van der Waals surface area contributed by atoms with Gasteiger partial charge in [-0.25, -0.2) is 0 Å². The maximum absolute atomic E-state index is 9.26. The molecule has 0 amide bonds. The van der Waals surface area contributed by atoms with Gasteiger partial charge in [0.15, 0.2) is 0 Å². The molecule has 0 aliphatic rings. The fraction of sp³-hybridized carbons (Fsp3) is 0.400. The summed E-state index contributed by atoms with van der Waals surface area (Å²) in [5, 5.41) is 9.26. The molecular formula is C10H18ClNO5S. The molecule has 18 heavy (non-hydrogen) atoms. The number of quaternary nitrogens is 1. The Labute approximate surface area is 113 Å². The first-order valence-electron chi connectivity index (χ1n) is 4.88. The highest BCUT2D eigenvalue weighted by atomic mass is 35.5. The molecule has 0 aliphatic heterocycles. The number of halogens is 1. The van der Waals surface area contributed by atoms with Crippen molar-refractivity contribution in [3.05, 3.63) is 24.3 Å². The Balaban J connectivity index is 0. The summed E-state index contributed by atoms with van der Waals surface area (Å²) in [6.45, 7) is 3.15. The smallest absolute Gasteiger partial charge is 0.394 e. The van der Waals surface area contributed by atoms with E-state index in [1.807, 2.05) is 18.2 Å². The molecule has 0 spiro atoms. The molecule has 8 heteroatoms. The predicted octanol–water partition coefficient (Wildman–Crippen LogP) is -1.67. The first-order chi connectivity index (χ1) is 7.56. The van der Waals surface area contributed by atoms with Gasteiger partial charge in [0.05, 0.1) is 20.6 Å². The van der Waals surface area contributed by atoms with Gasteiger partial charge in [0.2, 0.25) is 0 Å². The molecule has 0 bridgehead atoms. The summed E-state index contributed by atoms with van der Waals surface area (Å²) in [6.07, 6.45) is 0. The highest BCUT2D eigenvalue weighted by Gasteiger charge is 2.15. The van der Waals surface area contributed by atoms with E-state index in [0.29, 0.717) is 5.75 Å². The van der Waals surface area contributed by atoms with Crippen LogP contribution < -0.4 is 16.9 Å². The lowest BCUT2D eigenvalue weighted by molar-refractivity contribution is -0.0000115. The van der Waals surface area contributed by atoms with Crippen LogP contribution in [0, 0.1) is 0 Å². The van der Waals surface area contributed by atoms with Crippen LogP contribution in [-0.2, 0) is 10.4 Å². The highest BCUT2D eigenvalue weighted by Crippen LogP contribution is 2.22. The van der Waals surface area contributed by atoms with Crippen LogP contribution in [0.15, 0.2) is 24.3 Å². The largest absolute Gasteiger partial charge is 1.00 e. The zero-order chi connectivity index (χ0) is 13.7. The predicted molar refractivity (Wildman–Crippen MR) is 66.5 cm³/mol. The van der Waals surface area contributed by atoms with Crippen molar-refractivity contribution in [3.63, 3.8) is 0 Å². The van der Waals surface area contributed by atoms with Crippen LogP contribution in [0.3, 0.4) is 0 Å². The maximum Gasteiger partial charge on any atom is 0.394 e. The van der Waals surface area contributed by atoms with Crippen molar-refractivity contribution in [2.75, 3.05) is 20.6 Å². The summed E-state index contributed by atoms with van der Waals surface area (Å²) >= 11 is 0. The lowest BCUT2D eigenvalue weighted by atomic mass is 10.2. The Morgan fingerprint density at radius 2 is 1.67 bits per heavy atom. The van der Waals surface area contributed by atoms with Gasteiger partial charge in [-0.1, -0.05) is 6.07 Å². The van der Waals surface area contributed by atoms with Gasteiger partial charge in [-0.3, -0.25) is 13.6 Å². The number of phenolic OH excluding ortho intramolecular Hbond substituents is 1. The summed E-state index contributed by atoms with van der Waals surface area (Å²) in [5.74, 6) is 0.340. The maximum atomic E-state index is 9.26. The second-order valence-corrected chi connectivity index (χ2v) is 4.86. The molecule has 106 valence electrons. The summed E-state index contributed by atoms with van der Waals surface area (Å²) in [7, 11) is -0.427. The van der Waals surface area contributed by atoms with E-state index in [1.54, 1.807) is 6.07 Å². The molecule has 1 aromatic carbocycles. The van der Waals surface area contributed by atoms with Crippen molar-refractivity contribution in [2.24, 2.45) is 0 Å². The van der Waals surface area contributed by atoms with E-state index in [4.69, 9.17) is 17.5 Å². The summed E-state index contributed by atoms with van der Waals surface area (Å²) < 4.78 is 32.4. The van der Waals surface area contributed by atoms with Crippen molar-refractivity contribution in [1.82, 2.24) is 4.48 Å². The van der Waals surface area contributed by atoms with Crippen molar-refractivity contribution in [3.8, 4) is 5.75 Å². The van der Waals surface area contributed by atoms with E-state index in [-0.39, 0.29) is 12.4 Å². The van der Waals surface area contributed by atoms with Gasteiger partial charge < -0.3 is 17.5 Å². The number of nitrogens with zero attached hydrogens (tertiary/aromatic N) is 1. The first kappa shape index (κ1) is 19.5. The van der Waals surface area contributed by atoms with Crippen molar-refractivity contribution < 1.29 is 35.0 Å². The zero-order valence-electron chi connectivity index (χ0n) is 10.4. The lowest BCUT2D eigenvalue weighted by Crippen LogP contribution is -3.00. The standard InChI is InChI=1S/C10H15NO.ClH.H2O4S/c1-4-11(2,3)9-6-5-7-10(12)8-9;;1-5(2,3)4/h5-8H,4H2,1-3H3;1H;(H2,1,2,3,4). The Hall–Kier alpha value is -0.860. The fourth-order valence-corrected chi connectivity index (χ4v) is 1.05. The molecule has 0 heterocycles. The van der Waals surface area contributed by atoms with E-state index >= 15 is 0 Å². The summed E-state index contributed by atoms with van der Waals surface area (Å²) in [4.78, 5) is 0. The molecule has 6 nitrogen and oxygen atoms in total. The fourth-order valence-electron chi connectivity index (χ4n) is 1.05. The van der Waals surface area contributed by atoms with Crippen LogP contribution in [0.4, 0.5) is 5.69 Å². The molecule has 3 N–H and O–H groups in total. The zero-order valence-corrected chi connectivity index (χ0v) is 12.0. The van der Waals surface area contributed by atoms with Crippen LogP contribution in [0.25, 0.3) is 0 Å². The van der Waals surface area contributed by atoms with Gasteiger partial charge in [-0.15, -0.1) is 0 Å². The molecule has 1 rings (SSSR count). The lowest BCUT2D eigenvalue weighted by Gasteiger charge is -2.27. The average molecular weight is 300 g/mol. The number of benzene rings is 1. The third kappa shape index (κ3) is 9.20. The second-order valence-electron chi connectivity index (χ2n) is 3.97. The van der Waals surface area contributed by atoms with E-state index in [9.17, 15) is 5.11 Å². The van der Waals surface area contributed by atoms with Crippen LogP contribution >= 0.6 is 0 Å². The molecule has 0 aromatic heterocycles. The topological polar surface area (TPSA) is 94.8 Å². The highest BCUT2D eigenvalue weighted by molar-refractivity contribution is 7.79. The number of hydrogen-bond donors (Lipinski definition) is 3. The van der Waals surface area contributed by atoms with E-state index < -0.39 is 10.4 Å². The first-order valence-corrected chi connectivity index (χ1v) is 6.28. The number of aromatic hydroxyl groups is 1. The minimum atomic E-state index is -4.67. The Kier molecular flexibility index (Phi) is 8.17. The van der Waals surface area contributed by atoms with Gasteiger partial charge in [0, 0.05) is 6.07 Å².